The van der Waals surface area contributed by atoms with Crippen molar-refractivity contribution < 1.29 is 9.31 Å². The Morgan fingerprint density at radius 3 is 2.40 bits per heavy atom. The van der Waals surface area contributed by atoms with E-state index in [1.165, 1.54) is 0 Å². The molecule has 2 rings (SSSR count). The maximum atomic E-state index is 8.49. The van der Waals surface area contributed by atoms with E-state index in [1.807, 2.05) is 58.0 Å². The molecule has 0 saturated carbocycles. The van der Waals surface area contributed by atoms with Crippen LogP contribution in [0.15, 0.2) is 24.3 Å². The van der Waals surface area contributed by atoms with Gasteiger partial charge in [0.25, 0.3) is 0 Å². The van der Waals surface area contributed by atoms with Crippen LogP contribution in [0.2, 0.25) is 0 Å². The second-order valence-electron chi connectivity index (χ2n) is 5.85. The van der Waals surface area contributed by atoms with E-state index in [0.717, 1.165) is 11.0 Å². The summed E-state index contributed by atoms with van der Waals surface area (Å²) in [6.07, 6.45) is 0.237. The van der Waals surface area contributed by atoms with E-state index in [2.05, 4.69) is 11.8 Å². The summed E-state index contributed by atoms with van der Waals surface area (Å²) in [6, 6.07) is 9.77. The van der Waals surface area contributed by atoms with E-state index in [0.29, 0.717) is 0 Å². The predicted molar refractivity (Wildman–Crippen MR) is 79.3 cm³/mol. The Balaban J connectivity index is 2.22. The van der Waals surface area contributed by atoms with Gasteiger partial charge in [-0.05, 0) is 45.3 Å². The minimum atomic E-state index is -0.377. The molecule has 0 atom stereocenters. The first kappa shape index (κ1) is 14.7. The van der Waals surface area contributed by atoms with Crippen LogP contribution >= 0.6 is 0 Å². The second-order valence-corrected chi connectivity index (χ2v) is 5.85. The van der Waals surface area contributed by atoms with Gasteiger partial charge in [0.15, 0.2) is 0 Å². The summed E-state index contributed by atoms with van der Waals surface area (Å²) in [6.45, 7) is 8.13. The van der Waals surface area contributed by atoms with Crippen molar-refractivity contribution in [2.75, 3.05) is 0 Å². The highest BCUT2D eigenvalue weighted by atomic mass is 16.7. The highest BCUT2D eigenvalue weighted by Gasteiger charge is 2.51. The van der Waals surface area contributed by atoms with Gasteiger partial charge in [0.2, 0.25) is 0 Å². The molecule has 1 aliphatic rings. The monoisotopic (exact) mass is 267 g/mol. The Bertz CT molecular complexity index is 589. The molecule has 1 saturated heterocycles. The van der Waals surface area contributed by atoms with Gasteiger partial charge in [-0.15, -0.1) is 0 Å². The molecule has 0 amide bonds. The minimum absolute atomic E-state index is 0.237. The first-order chi connectivity index (χ1) is 9.36. The molecule has 3 nitrogen and oxygen atoms in total. The smallest absolute Gasteiger partial charge is 0.399 e. The summed E-state index contributed by atoms with van der Waals surface area (Å²) in [5.41, 5.74) is 1.13. The molecule has 0 unspecified atom stereocenters. The zero-order valence-corrected chi connectivity index (χ0v) is 12.4. The average Bonchev–Trinajstić information content (AvgIpc) is 2.59. The molecule has 20 heavy (non-hydrogen) atoms. The largest absolute Gasteiger partial charge is 0.494 e. The number of hydrogen-bond acceptors (Lipinski definition) is 3. The van der Waals surface area contributed by atoms with Gasteiger partial charge in [0.05, 0.1) is 23.7 Å². The molecule has 1 heterocycles. The van der Waals surface area contributed by atoms with Crippen LogP contribution in [-0.4, -0.2) is 18.3 Å². The summed E-state index contributed by atoms with van der Waals surface area (Å²) in [5, 5.41) is 8.49. The second kappa shape index (κ2) is 5.33. The summed E-state index contributed by atoms with van der Waals surface area (Å²) in [4.78, 5) is 0. The molecular formula is C16H18BNO2. The molecular weight excluding hydrogens is 249 g/mol. The average molecular weight is 267 g/mol. The maximum absolute atomic E-state index is 8.49. The van der Waals surface area contributed by atoms with Gasteiger partial charge in [-0.25, -0.2) is 0 Å². The first-order valence-electron chi connectivity index (χ1n) is 6.67. The standard InChI is InChI=1S/C16H18BNO2/c1-15(2)16(3,4)20-17(19-15)14-10-7-9-13(12-14)8-5-6-11-18/h7,9-10,12H,6H2,1-4H3. The Kier molecular flexibility index (Phi) is 3.90. The van der Waals surface area contributed by atoms with Gasteiger partial charge in [-0.1, -0.05) is 24.0 Å². The third-order valence-electron chi connectivity index (χ3n) is 3.81. The fraction of sp³-hybridized carbons (Fsp3) is 0.438. The van der Waals surface area contributed by atoms with Gasteiger partial charge >= 0.3 is 7.12 Å². The number of hydrogen-bond donors (Lipinski definition) is 0. The number of nitrogens with zero attached hydrogens (tertiary/aromatic N) is 1. The molecule has 102 valence electrons. The molecule has 0 spiro atoms. The van der Waals surface area contributed by atoms with Crippen LogP contribution in [0.1, 0.15) is 39.7 Å². The van der Waals surface area contributed by atoms with Crippen LogP contribution in [-0.2, 0) is 9.31 Å². The topological polar surface area (TPSA) is 42.2 Å². The first-order valence-corrected chi connectivity index (χ1v) is 6.67. The Morgan fingerprint density at radius 2 is 1.80 bits per heavy atom. The van der Waals surface area contributed by atoms with Crippen LogP contribution < -0.4 is 5.46 Å². The summed E-state index contributed by atoms with van der Waals surface area (Å²) >= 11 is 0. The van der Waals surface area contributed by atoms with E-state index >= 15 is 0 Å². The van der Waals surface area contributed by atoms with Crippen LogP contribution in [0.25, 0.3) is 0 Å². The number of nitriles is 1. The molecule has 4 heteroatoms. The van der Waals surface area contributed by atoms with Crippen molar-refractivity contribution in [2.24, 2.45) is 0 Å². The molecule has 0 radical (unpaired) electrons. The van der Waals surface area contributed by atoms with E-state index in [4.69, 9.17) is 14.6 Å². The molecule has 0 aliphatic carbocycles. The lowest BCUT2D eigenvalue weighted by Gasteiger charge is -2.32. The predicted octanol–water partition coefficient (Wildman–Crippen LogP) is 2.25. The number of rotatable bonds is 1. The normalized spacial score (nSPS) is 19.1. The zero-order chi connectivity index (χ0) is 14.8. The Morgan fingerprint density at radius 1 is 1.15 bits per heavy atom. The minimum Gasteiger partial charge on any atom is -0.399 e. The van der Waals surface area contributed by atoms with Gasteiger partial charge in [0, 0.05) is 5.56 Å². The molecule has 1 fully saturated rings. The Labute approximate surface area is 121 Å². The molecule has 0 aromatic heterocycles. The number of benzene rings is 1. The van der Waals surface area contributed by atoms with Crippen LogP contribution in [0, 0.1) is 23.2 Å². The van der Waals surface area contributed by atoms with Crippen molar-refractivity contribution in [3.8, 4) is 17.9 Å². The van der Waals surface area contributed by atoms with Gasteiger partial charge in [-0.3, -0.25) is 0 Å². The van der Waals surface area contributed by atoms with Crippen molar-refractivity contribution in [1.29, 1.82) is 5.26 Å². The van der Waals surface area contributed by atoms with Gasteiger partial charge < -0.3 is 9.31 Å². The molecule has 1 aliphatic heterocycles. The quantitative estimate of drug-likeness (QED) is 0.579. The van der Waals surface area contributed by atoms with Crippen LogP contribution in [0.5, 0.6) is 0 Å². The third-order valence-corrected chi connectivity index (χ3v) is 3.81. The van der Waals surface area contributed by atoms with Crippen molar-refractivity contribution in [1.82, 2.24) is 0 Å². The molecule has 1 aromatic rings. The fourth-order valence-electron chi connectivity index (χ4n) is 1.93. The third kappa shape index (κ3) is 2.88. The van der Waals surface area contributed by atoms with E-state index in [9.17, 15) is 0 Å². The Hall–Kier alpha value is -1.75. The summed E-state index contributed by atoms with van der Waals surface area (Å²) < 4.78 is 12.0. The van der Waals surface area contributed by atoms with Crippen LogP contribution in [0.3, 0.4) is 0 Å². The molecule has 0 bridgehead atoms. The van der Waals surface area contributed by atoms with E-state index in [-0.39, 0.29) is 24.7 Å². The van der Waals surface area contributed by atoms with Crippen molar-refractivity contribution in [3.63, 3.8) is 0 Å². The molecule has 0 N–H and O–H groups in total. The summed E-state index contributed by atoms with van der Waals surface area (Å²) in [5.74, 6) is 5.78. The van der Waals surface area contributed by atoms with Gasteiger partial charge in [0.1, 0.15) is 0 Å². The maximum Gasteiger partial charge on any atom is 0.494 e. The van der Waals surface area contributed by atoms with E-state index < -0.39 is 0 Å². The highest BCUT2D eigenvalue weighted by molar-refractivity contribution is 6.62. The lowest BCUT2D eigenvalue weighted by molar-refractivity contribution is 0.00578. The van der Waals surface area contributed by atoms with Crippen molar-refractivity contribution in [3.05, 3.63) is 29.8 Å². The zero-order valence-electron chi connectivity index (χ0n) is 12.4. The summed E-state index contributed by atoms with van der Waals surface area (Å²) in [7, 11) is -0.377. The van der Waals surface area contributed by atoms with Crippen molar-refractivity contribution >= 4 is 12.6 Å². The SMILES string of the molecule is CC1(C)OB(c2cccc(C#CCC#N)c2)OC1(C)C. The van der Waals surface area contributed by atoms with Crippen LogP contribution in [0.4, 0.5) is 0 Å². The fourth-order valence-corrected chi connectivity index (χ4v) is 1.93. The highest BCUT2D eigenvalue weighted by Crippen LogP contribution is 2.36. The lowest BCUT2D eigenvalue weighted by atomic mass is 9.78. The lowest BCUT2D eigenvalue weighted by Crippen LogP contribution is -2.41. The van der Waals surface area contributed by atoms with Gasteiger partial charge in [-0.2, -0.15) is 5.26 Å². The van der Waals surface area contributed by atoms with Crippen molar-refractivity contribution in [2.45, 2.75) is 45.3 Å². The molecule has 1 aromatic carbocycles. The van der Waals surface area contributed by atoms with E-state index in [1.54, 1.807) is 0 Å².